The number of benzene rings is 1. The molecule has 0 radical (unpaired) electrons. The van der Waals surface area contributed by atoms with Gasteiger partial charge in [0.25, 0.3) is 5.56 Å². The van der Waals surface area contributed by atoms with Gasteiger partial charge in [0.2, 0.25) is 5.91 Å². The van der Waals surface area contributed by atoms with Crippen LogP contribution in [0.25, 0.3) is 5.69 Å². The van der Waals surface area contributed by atoms with Crippen LogP contribution in [-0.2, 0) is 4.79 Å². The summed E-state index contributed by atoms with van der Waals surface area (Å²) in [6.45, 7) is 3.28. The number of hydrogen-bond donors (Lipinski definition) is 1. The molecule has 0 aliphatic rings. The Morgan fingerprint density at radius 2 is 2.11 bits per heavy atom. The van der Waals surface area contributed by atoms with Crippen LogP contribution in [0.4, 0.5) is 10.1 Å². The molecule has 1 heterocycles. The molecule has 96 valence electrons. The highest BCUT2D eigenvalue weighted by Crippen LogP contribution is 2.17. The molecule has 0 unspecified atom stereocenters. The molecule has 5 heteroatoms. The van der Waals surface area contributed by atoms with Crippen molar-refractivity contribution in [2.24, 2.45) is 0 Å². The van der Waals surface area contributed by atoms with Crippen molar-refractivity contribution in [1.82, 2.24) is 4.57 Å². The van der Waals surface area contributed by atoms with E-state index >= 15 is 0 Å². The molecule has 1 N–H and O–H groups in total. The molecule has 2 aromatic rings. The molecule has 1 aromatic heterocycles. The first-order valence-electron chi connectivity index (χ1n) is 5.53. The Kier molecular flexibility index (Phi) is 3.56. The molecule has 0 bridgehead atoms. The van der Waals surface area contributed by atoms with E-state index in [1.54, 1.807) is 24.4 Å². The topological polar surface area (TPSA) is 51.1 Å². The fourth-order valence-corrected chi connectivity index (χ4v) is 1.58. The number of carbonyl (C=O) groups is 1. The standard InChI is InChI=1S/C14H11FN2O2/c1-2-13(18)16-12-7-6-10(9-11(12)15)17-8-4-3-5-14(17)19/h2-9H,1H2,(H,16,18). The first-order chi connectivity index (χ1) is 9.11. The number of amides is 1. The Balaban J connectivity index is 2.39. The van der Waals surface area contributed by atoms with E-state index in [0.717, 1.165) is 6.08 Å². The Labute approximate surface area is 108 Å². The Bertz CT molecular complexity index is 692. The minimum atomic E-state index is -0.622. The molecular formula is C14H11FN2O2. The number of pyridine rings is 1. The molecule has 0 atom stereocenters. The summed E-state index contributed by atoms with van der Waals surface area (Å²) in [6, 6.07) is 8.78. The van der Waals surface area contributed by atoms with E-state index in [0.29, 0.717) is 5.69 Å². The number of anilines is 1. The highest BCUT2D eigenvalue weighted by Gasteiger charge is 2.07. The van der Waals surface area contributed by atoms with Crippen molar-refractivity contribution in [1.29, 1.82) is 0 Å². The van der Waals surface area contributed by atoms with Crippen LogP contribution in [-0.4, -0.2) is 10.5 Å². The van der Waals surface area contributed by atoms with Gasteiger partial charge in [-0.2, -0.15) is 0 Å². The van der Waals surface area contributed by atoms with Crippen LogP contribution in [0.3, 0.4) is 0 Å². The number of hydrogen-bond acceptors (Lipinski definition) is 2. The van der Waals surface area contributed by atoms with E-state index in [1.807, 2.05) is 0 Å². The molecule has 0 aliphatic carbocycles. The lowest BCUT2D eigenvalue weighted by atomic mass is 10.2. The van der Waals surface area contributed by atoms with Gasteiger partial charge in [0.05, 0.1) is 11.4 Å². The highest BCUT2D eigenvalue weighted by atomic mass is 19.1. The summed E-state index contributed by atoms with van der Waals surface area (Å²) >= 11 is 0. The second kappa shape index (κ2) is 5.30. The predicted molar refractivity (Wildman–Crippen MR) is 70.8 cm³/mol. The average molecular weight is 258 g/mol. The molecule has 1 aromatic carbocycles. The van der Waals surface area contributed by atoms with Gasteiger partial charge in [-0.3, -0.25) is 14.2 Å². The molecule has 4 nitrogen and oxygen atoms in total. The fourth-order valence-electron chi connectivity index (χ4n) is 1.58. The second-order valence-corrected chi connectivity index (χ2v) is 3.77. The van der Waals surface area contributed by atoms with Gasteiger partial charge in [0.1, 0.15) is 5.82 Å². The van der Waals surface area contributed by atoms with Crippen LogP contribution in [0, 0.1) is 5.82 Å². The molecule has 0 fully saturated rings. The fraction of sp³-hybridized carbons (Fsp3) is 0. The van der Waals surface area contributed by atoms with E-state index in [9.17, 15) is 14.0 Å². The molecule has 0 saturated heterocycles. The van der Waals surface area contributed by atoms with E-state index in [-0.39, 0.29) is 11.2 Å². The van der Waals surface area contributed by atoms with Crippen molar-refractivity contribution >= 4 is 11.6 Å². The third-order valence-corrected chi connectivity index (χ3v) is 2.50. The Hall–Kier alpha value is -2.69. The molecule has 2 rings (SSSR count). The predicted octanol–water partition coefficient (Wildman–Crippen LogP) is 2.10. The quantitative estimate of drug-likeness (QED) is 0.857. The zero-order valence-electron chi connectivity index (χ0n) is 9.97. The van der Waals surface area contributed by atoms with Gasteiger partial charge < -0.3 is 5.32 Å². The van der Waals surface area contributed by atoms with Gasteiger partial charge in [-0.15, -0.1) is 0 Å². The number of carbonyl (C=O) groups excluding carboxylic acids is 1. The molecule has 0 spiro atoms. The summed E-state index contributed by atoms with van der Waals surface area (Å²) in [5.41, 5.74) is 0.169. The van der Waals surface area contributed by atoms with E-state index in [1.165, 1.54) is 22.8 Å². The second-order valence-electron chi connectivity index (χ2n) is 3.77. The minimum Gasteiger partial charge on any atom is -0.320 e. The SMILES string of the molecule is C=CC(=O)Nc1ccc(-n2ccccc2=O)cc1F. The number of aromatic nitrogens is 1. The van der Waals surface area contributed by atoms with Crippen molar-refractivity contribution in [2.45, 2.75) is 0 Å². The van der Waals surface area contributed by atoms with Gasteiger partial charge >= 0.3 is 0 Å². The third-order valence-electron chi connectivity index (χ3n) is 2.50. The lowest BCUT2D eigenvalue weighted by Gasteiger charge is -2.08. The van der Waals surface area contributed by atoms with E-state index in [4.69, 9.17) is 0 Å². The summed E-state index contributed by atoms with van der Waals surface area (Å²) in [6.07, 6.45) is 2.59. The van der Waals surface area contributed by atoms with E-state index in [2.05, 4.69) is 11.9 Å². The largest absolute Gasteiger partial charge is 0.320 e. The molecular weight excluding hydrogens is 247 g/mol. The Morgan fingerprint density at radius 1 is 1.32 bits per heavy atom. The smallest absolute Gasteiger partial charge is 0.255 e. The molecule has 0 saturated carbocycles. The number of rotatable bonds is 3. The van der Waals surface area contributed by atoms with Crippen molar-refractivity contribution in [3.8, 4) is 5.69 Å². The number of halogens is 1. The first kappa shape index (κ1) is 12.8. The maximum absolute atomic E-state index is 13.8. The van der Waals surface area contributed by atoms with Gasteiger partial charge in [-0.25, -0.2) is 4.39 Å². The summed E-state index contributed by atoms with van der Waals surface area (Å²) in [4.78, 5) is 22.7. The summed E-state index contributed by atoms with van der Waals surface area (Å²) in [7, 11) is 0. The zero-order chi connectivity index (χ0) is 13.8. The van der Waals surface area contributed by atoms with Crippen LogP contribution in [0.15, 0.2) is 60.0 Å². The van der Waals surface area contributed by atoms with E-state index < -0.39 is 11.7 Å². The average Bonchev–Trinajstić information content (AvgIpc) is 2.41. The summed E-state index contributed by atoms with van der Waals surface area (Å²) < 4.78 is 15.1. The van der Waals surface area contributed by atoms with Crippen LogP contribution < -0.4 is 10.9 Å². The van der Waals surface area contributed by atoms with Crippen molar-refractivity contribution in [3.05, 3.63) is 71.4 Å². The lowest BCUT2D eigenvalue weighted by molar-refractivity contribution is -0.111. The van der Waals surface area contributed by atoms with Crippen LogP contribution >= 0.6 is 0 Å². The number of nitrogens with zero attached hydrogens (tertiary/aromatic N) is 1. The van der Waals surface area contributed by atoms with Gasteiger partial charge in [-0.05, 0) is 24.3 Å². The molecule has 1 amide bonds. The lowest BCUT2D eigenvalue weighted by Crippen LogP contribution is -2.16. The minimum absolute atomic E-state index is 0.0395. The zero-order valence-corrected chi connectivity index (χ0v) is 9.97. The van der Waals surface area contributed by atoms with Gasteiger partial charge in [0.15, 0.2) is 0 Å². The summed E-state index contributed by atoms with van der Waals surface area (Å²) in [5.74, 6) is -1.12. The van der Waals surface area contributed by atoms with Gasteiger partial charge in [-0.1, -0.05) is 12.6 Å². The normalized spacial score (nSPS) is 9.95. The Morgan fingerprint density at radius 3 is 2.74 bits per heavy atom. The van der Waals surface area contributed by atoms with Crippen molar-refractivity contribution in [3.63, 3.8) is 0 Å². The maximum atomic E-state index is 13.8. The highest BCUT2D eigenvalue weighted by molar-refractivity contribution is 5.98. The van der Waals surface area contributed by atoms with Gasteiger partial charge in [0, 0.05) is 18.3 Å². The van der Waals surface area contributed by atoms with Crippen molar-refractivity contribution < 1.29 is 9.18 Å². The van der Waals surface area contributed by atoms with Crippen LogP contribution in [0.2, 0.25) is 0 Å². The van der Waals surface area contributed by atoms with Crippen LogP contribution in [0.1, 0.15) is 0 Å². The molecule has 19 heavy (non-hydrogen) atoms. The first-order valence-corrected chi connectivity index (χ1v) is 5.53. The molecule has 0 aliphatic heterocycles. The monoisotopic (exact) mass is 258 g/mol. The third kappa shape index (κ3) is 2.77. The van der Waals surface area contributed by atoms with Crippen LogP contribution in [0.5, 0.6) is 0 Å². The maximum Gasteiger partial charge on any atom is 0.255 e. The van der Waals surface area contributed by atoms with Crippen molar-refractivity contribution in [2.75, 3.05) is 5.32 Å². The summed E-state index contributed by atoms with van der Waals surface area (Å²) in [5, 5.41) is 2.33. The number of nitrogens with one attached hydrogen (secondary N) is 1.